The van der Waals surface area contributed by atoms with Gasteiger partial charge >= 0.3 is 0 Å². The number of hydrogen-bond acceptors (Lipinski definition) is 6. The Hall–Kier alpha value is -4.04. The SMILES string of the molecule is COc1ccc(/C=N/N2CCCCC2C(=O)N2c3ccc(Cl)cc3NC(=O)c3ccccc32)cc1OC. The Morgan fingerprint density at radius 2 is 1.84 bits per heavy atom. The van der Waals surface area contributed by atoms with Gasteiger partial charge in [-0.2, -0.15) is 5.10 Å². The quantitative estimate of drug-likeness (QED) is 0.452. The molecule has 3 aromatic rings. The summed E-state index contributed by atoms with van der Waals surface area (Å²) in [5.74, 6) is 0.789. The summed E-state index contributed by atoms with van der Waals surface area (Å²) in [7, 11) is 3.17. The molecule has 0 saturated carbocycles. The van der Waals surface area contributed by atoms with E-state index in [2.05, 4.69) is 5.32 Å². The normalized spacial score (nSPS) is 17.1. The Kier molecular flexibility index (Phi) is 7.01. The van der Waals surface area contributed by atoms with Crippen LogP contribution < -0.4 is 19.7 Å². The number of methoxy groups -OCH3 is 2. The number of amides is 2. The molecule has 1 N–H and O–H groups in total. The van der Waals surface area contributed by atoms with E-state index in [0.29, 0.717) is 52.1 Å². The van der Waals surface area contributed by atoms with Gasteiger partial charge in [0, 0.05) is 11.6 Å². The Balaban J connectivity index is 1.51. The van der Waals surface area contributed by atoms with Gasteiger partial charge in [0.1, 0.15) is 6.04 Å². The van der Waals surface area contributed by atoms with Crippen molar-refractivity contribution >= 4 is 46.7 Å². The third kappa shape index (κ3) is 4.84. The van der Waals surface area contributed by atoms with E-state index >= 15 is 0 Å². The number of hydrogen-bond donors (Lipinski definition) is 1. The van der Waals surface area contributed by atoms with Gasteiger partial charge in [-0.1, -0.05) is 23.7 Å². The van der Waals surface area contributed by atoms with Crippen LogP contribution in [0.25, 0.3) is 0 Å². The lowest BCUT2D eigenvalue weighted by atomic mass is 10.0. The van der Waals surface area contributed by atoms with Crippen LogP contribution in [0.2, 0.25) is 5.02 Å². The van der Waals surface area contributed by atoms with Gasteiger partial charge in [-0.25, -0.2) is 0 Å². The van der Waals surface area contributed by atoms with E-state index in [1.807, 2.05) is 29.3 Å². The van der Waals surface area contributed by atoms with Gasteiger partial charge in [-0.15, -0.1) is 0 Å². The maximum Gasteiger partial charge on any atom is 0.257 e. The molecule has 8 nitrogen and oxygen atoms in total. The average Bonchev–Trinajstić information content (AvgIpc) is 3.05. The summed E-state index contributed by atoms with van der Waals surface area (Å²) in [6.45, 7) is 0.639. The van der Waals surface area contributed by atoms with Crippen molar-refractivity contribution < 1.29 is 19.1 Å². The highest BCUT2D eigenvalue weighted by Gasteiger charge is 2.36. The minimum absolute atomic E-state index is 0.156. The predicted octanol–water partition coefficient (Wildman–Crippen LogP) is 5.48. The molecule has 0 aromatic heterocycles. The van der Waals surface area contributed by atoms with E-state index in [0.717, 1.165) is 18.4 Å². The Labute approximate surface area is 220 Å². The molecule has 37 heavy (non-hydrogen) atoms. The van der Waals surface area contributed by atoms with E-state index in [-0.39, 0.29) is 11.8 Å². The maximum atomic E-state index is 14.2. The molecule has 2 aliphatic rings. The molecule has 3 aromatic carbocycles. The van der Waals surface area contributed by atoms with Crippen LogP contribution in [0.1, 0.15) is 35.2 Å². The average molecular weight is 519 g/mol. The first-order chi connectivity index (χ1) is 18.0. The van der Waals surface area contributed by atoms with Gasteiger partial charge in [-0.05, 0) is 73.4 Å². The number of carbonyl (C=O) groups excluding carboxylic acids is 2. The number of anilines is 3. The first-order valence-electron chi connectivity index (χ1n) is 12.1. The summed E-state index contributed by atoms with van der Waals surface area (Å²) >= 11 is 6.23. The Morgan fingerprint density at radius 1 is 1.03 bits per heavy atom. The van der Waals surface area contributed by atoms with Crippen LogP contribution >= 0.6 is 11.6 Å². The monoisotopic (exact) mass is 518 g/mol. The lowest BCUT2D eigenvalue weighted by molar-refractivity contribution is -0.124. The molecule has 0 aliphatic carbocycles. The van der Waals surface area contributed by atoms with Crippen molar-refractivity contribution in [2.75, 3.05) is 31.0 Å². The van der Waals surface area contributed by atoms with E-state index in [1.165, 1.54) is 0 Å². The first kappa shape index (κ1) is 24.6. The van der Waals surface area contributed by atoms with Gasteiger partial charge in [0.05, 0.1) is 43.1 Å². The van der Waals surface area contributed by atoms with Crippen LogP contribution in [0.15, 0.2) is 65.8 Å². The van der Waals surface area contributed by atoms with Crippen molar-refractivity contribution in [1.82, 2.24) is 5.01 Å². The van der Waals surface area contributed by atoms with Crippen molar-refractivity contribution in [2.45, 2.75) is 25.3 Å². The lowest BCUT2D eigenvalue weighted by Crippen LogP contribution is -2.47. The largest absolute Gasteiger partial charge is 0.493 e. The second-order valence-electron chi connectivity index (χ2n) is 8.84. The first-order valence-corrected chi connectivity index (χ1v) is 12.4. The highest BCUT2D eigenvalue weighted by molar-refractivity contribution is 6.31. The molecule has 1 atom stereocenters. The topological polar surface area (TPSA) is 83.5 Å². The summed E-state index contributed by atoms with van der Waals surface area (Å²) in [6, 6.07) is 17.3. The van der Waals surface area contributed by atoms with E-state index in [1.54, 1.807) is 61.7 Å². The highest BCUT2D eigenvalue weighted by atomic mass is 35.5. The number of rotatable bonds is 5. The molecule has 1 unspecified atom stereocenters. The zero-order valence-electron chi connectivity index (χ0n) is 20.6. The number of ether oxygens (including phenoxy) is 2. The Bertz CT molecular complexity index is 1380. The third-order valence-corrected chi connectivity index (χ3v) is 6.82. The molecule has 2 heterocycles. The third-order valence-electron chi connectivity index (χ3n) is 6.58. The standard InChI is InChI=1S/C28H27ClN4O4/c1-36-25-13-10-18(15-26(25)37-2)17-30-32-14-6-5-9-24(32)28(35)33-22-8-4-3-7-20(22)27(34)31-21-16-19(29)11-12-23(21)33/h3-4,7-8,10-13,15-17,24H,5-6,9,14H2,1-2H3,(H,31,34)/b30-17+. The summed E-state index contributed by atoms with van der Waals surface area (Å²) in [5.41, 5.74) is 2.82. The molecule has 0 bridgehead atoms. The van der Waals surface area contributed by atoms with Crippen LogP contribution in [-0.2, 0) is 4.79 Å². The Morgan fingerprint density at radius 3 is 2.65 bits per heavy atom. The van der Waals surface area contributed by atoms with Crippen molar-refractivity contribution in [3.05, 3.63) is 76.8 Å². The summed E-state index contributed by atoms with van der Waals surface area (Å²) in [6.07, 6.45) is 4.20. The minimum Gasteiger partial charge on any atom is -0.493 e. The van der Waals surface area contributed by atoms with E-state index in [9.17, 15) is 9.59 Å². The van der Waals surface area contributed by atoms with Crippen molar-refractivity contribution in [2.24, 2.45) is 5.10 Å². The summed E-state index contributed by atoms with van der Waals surface area (Å²) in [5, 5.41) is 9.91. The molecule has 190 valence electrons. The van der Waals surface area contributed by atoms with Crippen molar-refractivity contribution in [3.63, 3.8) is 0 Å². The highest BCUT2D eigenvalue weighted by Crippen LogP contribution is 2.40. The fraction of sp³-hybridized carbons (Fsp3) is 0.250. The zero-order chi connectivity index (χ0) is 25.9. The number of nitrogens with zero attached hydrogens (tertiary/aromatic N) is 3. The summed E-state index contributed by atoms with van der Waals surface area (Å²) < 4.78 is 10.7. The lowest BCUT2D eigenvalue weighted by Gasteiger charge is -2.36. The second-order valence-corrected chi connectivity index (χ2v) is 9.28. The summed E-state index contributed by atoms with van der Waals surface area (Å²) in [4.78, 5) is 28.8. The number of benzene rings is 3. The number of para-hydroxylation sites is 1. The number of fused-ring (bicyclic) bond motifs is 2. The van der Waals surface area contributed by atoms with Gasteiger partial charge in [0.2, 0.25) is 0 Å². The van der Waals surface area contributed by atoms with Gasteiger partial charge in [0.15, 0.2) is 11.5 Å². The smallest absolute Gasteiger partial charge is 0.257 e. The van der Waals surface area contributed by atoms with Crippen molar-refractivity contribution in [3.8, 4) is 11.5 Å². The maximum absolute atomic E-state index is 14.2. The molecule has 5 rings (SSSR count). The molecule has 1 fully saturated rings. The predicted molar refractivity (Wildman–Crippen MR) is 144 cm³/mol. The van der Waals surface area contributed by atoms with E-state index in [4.69, 9.17) is 26.2 Å². The number of carbonyl (C=O) groups is 2. The van der Waals surface area contributed by atoms with Crippen molar-refractivity contribution in [1.29, 1.82) is 0 Å². The fourth-order valence-electron chi connectivity index (χ4n) is 4.75. The van der Waals surface area contributed by atoms with Crippen LogP contribution in [0, 0.1) is 0 Å². The van der Waals surface area contributed by atoms with Crippen LogP contribution in [0.4, 0.5) is 17.1 Å². The molecule has 2 aliphatic heterocycles. The van der Waals surface area contributed by atoms with E-state index < -0.39 is 6.04 Å². The van der Waals surface area contributed by atoms with Gasteiger partial charge < -0.3 is 14.8 Å². The van der Waals surface area contributed by atoms with Crippen LogP contribution in [0.5, 0.6) is 11.5 Å². The molecule has 0 spiro atoms. The van der Waals surface area contributed by atoms with Gasteiger partial charge in [-0.3, -0.25) is 19.5 Å². The molecule has 2 amide bonds. The van der Waals surface area contributed by atoms with Crippen LogP contribution in [-0.4, -0.2) is 49.8 Å². The number of hydrazone groups is 1. The number of piperidine rings is 1. The molecule has 9 heteroatoms. The zero-order valence-corrected chi connectivity index (χ0v) is 21.4. The minimum atomic E-state index is -0.505. The molecule has 1 saturated heterocycles. The molecular weight excluding hydrogens is 492 g/mol. The van der Waals surface area contributed by atoms with Gasteiger partial charge in [0.25, 0.3) is 11.8 Å². The number of halogens is 1. The number of nitrogens with one attached hydrogen (secondary N) is 1. The second kappa shape index (κ2) is 10.5. The molecular formula is C28H27ClN4O4. The fourth-order valence-corrected chi connectivity index (χ4v) is 4.92. The van der Waals surface area contributed by atoms with Crippen LogP contribution in [0.3, 0.4) is 0 Å². The molecule has 0 radical (unpaired) electrons.